The quantitative estimate of drug-likeness (QED) is 0.779. The molecule has 0 spiro atoms. The lowest BCUT2D eigenvalue weighted by Gasteiger charge is -2.07. The van der Waals surface area contributed by atoms with Crippen LogP contribution in [0.3, 0.4) is 0 Å². The smallest absolute Gasteiger partial charge is 0.180 e. The minimum atomic E-state index is 0.117. The first-order valence-electron chi connectivity index (χ1n) is 6.02. The lowest BCUT2D eigenvalue weighted by Crippen LogP contribution is -2.13. The molecule has 2 aromatic heterocycles. The molecule has 4 nitrogen and oxygen atoms in total. The van der Waals surface area contributed by atoms with Gasteiger partial charge in [-0.3, -0.25) is 4.79 Å². The summed E-state index contributed by atoms with van der Waals surface area (Å²) in [5, 5.41) is 4.17. The Morgan fingerprint density at radius 3 is 2.83 bits per heavy atom. The summed E-state index contributed by atoms with van der Waals surface area (Å²) in [5.74, 6) is 1.36. The number of carbonyl (C=O) groups excluding carboxylic acids is 1. The first kappa shape index (κ1) is 13.0. The van der Waals surface area contributed by atoms with Gasteiger partial charge in [-0.15, -0.1) is 11.3 Å². The van der Waals surface area contributed by atoms with Crippen LogP contribution in [0.15, 0.2) is 18.5 Å². The Morgan fingerprint density at radius 1 is 1.44 bits per heavy atom. The number of rotatable bonds is 5. The Morgan fingerprint density at radius 2 is 2.22 bits per heavy atom. The number of hydrogen-bond acceptors (Lipinski definition) is 4. The monoisotopic (exact) mass is 263 g/mol. The number of ketones is 1. The molecule has 0 atom stereocenters. The van der Waals surface area contributed by atoms with Gasteiger partial charge < -0.3 is 0 Å². The maximum atomic E-state index is 12.1. The Labute approximate surface area is 111 Å². The number of thiophene rings is 1. The largest absolute Gasteiger partial charge is 0.293 e. The summed E-state index contributed by atoms with van der Waals surface area (Å²) in [4.78, 5) is 18.2. The molecule has 0 aliphatic carbocycles. The third kappa shape index (κ3) is 3.04. The van der Waals surface area contributed by atoms with Gasteiger partial charge in [0.1, 0.15) is 12.2 Å². The van der Waals surface area contributed by atoms with Gasteiger partial charge in [0.2, 0.25) is 0 Å². The van der Waals surface area contributed by atoms with Crippen molar-refractivity contribution in [3.63, 3.8) is 0 Å². The number of carbonyl (C=O) groups is 1. The Hall–Kier alpha value is -1.49. The molecule has 0 N–H and O–H groups in total. The highest BCUT2D eigenvalue weighted by Gasteiger charge is 2.14. The maximum Gasteiger partial charge on any atom is 0.180 e. The van der Waals surface area contributed by atoms with Crippen LogP contribution in [0.25, 0.3) is 0 Å². The van der Waals surface area contributed by atoms with Crippen LogP contribution in [0, 0.1) is 12.8 Å². The van der Waals surface area contributed by atoms with Gasteiger partial charge in [-0.05, 0) is 25.0 Å². The number of aromatic nitrogens is 3. The Balaban J connectivity index is 2.10. The number of Topliss-reactive ketones (excluding diaryl/α,β-unsaturated/α-hetero) is 1. The SMILES string of the molecule is Cc1ccc(C(=O)Cc2ncnn2CC(C)C)s1. The molecule has 0 unspecified atom stereocenters. The van der Waals surface area contributed by atoms with Crippen LogP contribution in [0.2, 0.25) is 0 Å². The van der Waals surface area contributed by atoms with E-state index in [0.717, 1.165) is 22.1 Å². The van der Waals surface area contributed by atoms with E-state index in [1.807, 2.05) is 23.7 Å². The molecular weight excluding hydrogens is 246 g/mol. The summed E-state index contributed by atoms with van der Waals surface area (Å²) >= 11 is 1.53. The fourth-order valence-corrected chi connectivity index (χ4v) is 2.54. The predicted octanol–water partition coefficient (Wildman–Crippen LogP) is 2.73. The first-order chi connectivity index (χ1) is 8.56. The van der Waals surface area contributed by atoms with Crippen molar-refractivity contribution in [2.45, 2.75) is 33.7 Å². The molecule has 5 heteroatoms. The second-order valence-corrected chi connectivity index (χ2v) is 6.05. The van der Waals surface area contributed by atoms with Crippen LogP contribution < -0.4 is 0 Å². The van der Waals surface area contributed by atoms with Crippen LogP contribution in [-0.2, 0) is 13.0 Å². The molecule has 0 bridgehead atoms. The highest BCUT2D eigenvalue weighted by Crippen LogP contribution is 2.17. The minimum absolute atomic E-state index is 0.117. The third-order valence-electron chi connectivity index (χ3n) is 2.57. The topological polar surface area (TPSA) is 47.8 Å². The van der Waals surface area contributed by atoms with Gasteiger partial charge in [0.15, 0.2) is 5.78 Å². The predicted molar refractivity (Wildman–Crippen MR) is 72.0 cm³/mol. The summed E-state index contributed by atoms with van der Waals surface area (Å²) in [6.45, 7) is 7.04. The van der Waals surface area contributed by atoms with E-state index in [2.05, 4.69) is 23.9 Å². The van der Waals surface area contributed by atoms with Crippen molar-refractivity contribution in [2.75, 3.05) is 0 Å². The molecule has 96 valence electrons. The molecule has 2 rings (SSSR count). The first-order valence-corrected chi connectivity index (χ1v) is 6.84. The van der Waals surface area contributed by atoms with Crippen molar-refractivity contribution in [3.8, 4) is 0 Å². The lowest BCUT2D eigenvalue weighted by molar-refractivity contribution is 0.0993. The second-order valence-electron chi connectivity index (χ2n) is 4.76. The van der Waals surface area contributed by atoms with Gasteiger partial charge in [0, 0.05) is 11.4 Å². The fourth-order valence-electron chi connectivity index (χ4n) is 1.74. The number of nitrogens with zero attached hydrogens (tertiary/aromatic N) is 3. The molecule has 18 heavy (non-hydrogen) atoms. The average molecular weight is 263 g/mol. The molecular formula is C13H17N3OS. The zero-order valence-electron chi connectivity index (χ0n) is 10.9. The van der Waals surface area contributed by atoms with Gasteiger partial charge in [-0.2, -0.15) is 5.10 Å². The zero-order chi connectivity index (χ0) is 13.1. The number of hydrogen-bond donors (Lipinski definition) is 0. The van der Waals surface area contributed by atoms with Crippen LogP contribution in [0.4, 0.5) is 0 Å². The summed E-state index contributed by atoms with van der Waals surface area (Å²) in [6.07, 6.45) is 1.84. The normalized spacial score (nSPS) is 11.1. The summed E-state index contributed by atoms with van der Waals surface area (Å²) < 4.78 is 1.82. The third-order valence-corrected chi connectivity index (χ3v) is 3.61. The Bertz CT molecular complexity index is 542. The van der Waals surface area contributed by atoms with Crippen LogP contribution in [0.1, 0.15) is 34.2 Å². The molecule has 0 amide bonds. The molecule has 0 saturated carbocycles. The van der Waals surface area contributed by atoms with Gasteiger partial charge in [0.05, 0.1) is 11.3 Å². The molecule has 0 aliphatic heterocycles. The van der Waals surface area contributed by atoms with Crippen LogP contribution in [-0.4, -0.2) is 20.5 Å². The van der Waals surface area contributed by atoms with Crippen LogP contribution in [0.5, 0.6) is 0 Å². The van der Waals surface area contributed by atoms with Gasteiger partial charge in [-0.25, -0.2) is 9.67 Å². The van der Waals surface area contributed by atoms with Crippen molar-refractivity contribution in [3.05, 3.63) is 34.0 Å². The molecule has 2 heterocycles. The van der Waals surface area contributed by atoms with E-state index in [1.54, 1.807) is 0 Å². The Kier molecular flexibility index (Phi) is 3.91. The van der Waals surface area contributed by atoms with E-state index >= 15 is 0 Å². The van der Waals surface area contributed by atoms with E-state index in [4.69, 9.17) is 0 Å². The van der Waals surface area contributed by atoms with Crippen molar-refractivity contribution in [1.82, 2.24) is 14.8 Å². The van der Waals surface area contributed by atoms with E-state index in [-0.39, 0.29) is 5.78 Å². The second kappa shape index (κ2) is 5.44. The summed E-state index contributed by atoms with van der Waals surface area (Å²) in [5.41, 5.74) is 0. The molecule has 0 aliphatic rings. The number of aryl methyl sites for hydroxylation is 1. The van der Waals surface area contributed by atoms with Crippen molar-refractivity contribution in [1.29, 1.82) is 0 Å². The highest BCUT2D eigenvalue weighted by atomic mass is 32.1. The minimum Gasteiger partial charge on any atom is -0.293 e. The molecule has 0 aromatic carbocycles. The van der Waals surface area contributed by atoms with Gasteiger partial charge in [0.25, 0.3) is 0 Å². The van der Waals surface area contributed by atoms with Crippen molar-refractivity contribution >= 4 is 17.1 Å². The molecule has 0 fully saturated rings. The lowest BCUT2D eigenvalue weighted by atomic mass is 10.2. The summed E-state index contributed by atoms with van der Waals surface area (Å²) in [7, 11) is 0. The molecule has 0 saturated heterocycles. The zero-order valence-corrected chi connectivity index (χ0v) is 11.7. The van der Waals surface area contributed by atoms with Crippen molar-refractivity contribution in [2.24, 2.45) is 5.92 Å². The van der Waals surface area contributed by atoms with E-state index in [9.17, 15) is 4.79 Å². The maximum absolute atomic E-state index is 12.1. The van der Waals surface area contributed by atoms with E-state index in [0.29, 0.717) is 12.3 Å². The average Bonchev–Trinajstić information content (AvgIpc) is 2.88. The van der Waals surface area contributed by atoms with Gasteiger partial charge >= 0.3 is 0 Å². The molecule has 2 aromatic rings. The highest BCUT2D eigenvalue weighted by molar-refractivity contribution is 7.14. The van der Waals surface area contributed by atoms with E-state index in [1.165, 1.54) is 17.7 Å². The summed E-state index contributed by atoms with van der Waals surface area (Å²) in [6, 6.07) is 3.85. The van der Waals surface area contributed by atoms with Gasteiger partial charge in [-0.1, -0.05) is 13.8 Å². The fraction of sp³-hybridized carbons (Fsp3) is 0.462. The molecule has 0 radical (unpaired) electrons. The van der Waals surface area contributed by atoms with E-state index < -0.39 is 0 Å². The van der Waals surface area contributed by atoms with Crippen LogP contribution >= 0.6 is 11.3 Å². The standard InChI is InChI=1S/C13H17N3OS/c1-9(2)7-16-13(14-8-15-16)6-11(17)12-5-4-10(3)18-12/h4-5,8-9H,6-7H2,1-3H3. The van der Waals surface area contributed by atoms with Crippen molar-refractivity contribution < 1.29 is 4.79 Å².